The third kappa shape index (κ3) is 5.73. The molecule has 4 aromatic rings. The number of hydrogen-bond donors (Lipinski definition) is 2. The van der Waals surface area contributed by atoms with Crippen molar-refractivity contribution in [3.05, 3.63) is 124 Å². The Morgan fingerprint density at radius 1 is 0.821 bits per heavy atom. The zero-order chi connectivity index (χ0) is 26.8. The summed E-state index contributed by atoms with van der Waals surface area (Å²) in [7, 11) is 0. The van der Waals surface area contributed by atoms with Gasteiger partial charge in [0.2, 0.25) is 5.78 Å². The van der Waals surface area contributed by atoms with Crippen LogP contribution in [-0.2, 0) is 17.7 Å². The number of phenols is 2. The molecule has 1 aromatic heterocycles. The number of carbonyl (C=O) groups excluding carboxylic acids is 3. The molecule has 0 bridgehead atoms. The van der Waals surface area contributed by atoms with Crippen LogP contribution in [0.4, 0.5) is 4.39 Å². The van der Waals surface area contributed by atoms with Gasteiger partial charge in [0.15, 0.2) is 24.7 Å². The highest BCUT2D eigenvalue weighted by Crippen LogP contribution is 2.37. The van der Waals surface area contributed by atoms with Crippen molar-refractivity contribution in [2.75, 3.05) is 6.61 Å². The van der Waals surface area contributed by atoms with Crippen molar-refractivity contribution < 1.29 is 55.3 Å². The minimum atomic E-state index is -0.727. The second-order valence-electron chi connectivity index (χ2n) is 9.02. The lowest BCUT2D eigenvalue weighted by Crippen LogP contribution is -3.00. The maximum absolute atomic E-state index is 13.1. The summed E-state index contributed by atoms with van der Waals surface area (Å²) in [4.78, 5) is 38.4. The summed E-state index contributed by atoms with van der Waals surface area (Å²) < 4.78 is 20.4. The molecule has 1 aliphatic rings. The van der Waals surface area contributed by atoms with E-state index in [0.29, 0.717) is 19.4 Å². The van der Waals surface area contributed by atoms with Gasteiger partial charge in [0.25, 0.3) is 0 Å². The second kappa shape index (κ2) is 11.6. The number of carbonyl (C=O) groups is 3. The van der Waals surface area contributed by atoms with Gasteiger partial charge in [0.1, 0.15) is 17.3 Å². The number of phenolic OH excluding ortho intramolecular Hbond substituents is 2. The molecule has 0 fully saturated rings. The molecule has 0 saturated carbocycles. The molecule has 0 saturated heterocycles. The maximum Gasteiger partial charge on any atom is 0.338 e. The lowest BCUT2D eigenvalue weighted by Gasteiger charge is -2.19. The van der Waals surface area contributed by atoms with Gasteiger partial charge in [0.05, 0.1) is 23.3 Å². The fourth-order valence-corrected chi connectivity index (χ4v) is 4.49. The van der Waals surface area contributed by atoms with Crippen LogP contribution in [-0.4, -0.2) is 34.4 Å². The Morgan fingerprint density at radius 2 is 1.51 bits per heavy atom. The van der Waals surface area contributed by atoms with E-state index in [1.54, 1.807) is 12.1 Å². The molecule has 1 aliphatic carbocycles. The lowest BCUT2D eigenvalue weighted by atomic mass is 9.82. The predicted octanol–water partition coefficient (Wildman–Crippen LogP) is 1.14. The number of ether oxygens (including phenoxy) is 1. The third-order valence-corrected chi connectivity index (χ3v) is 6.42. The molecule has 0 aliphatic heterocycles. The third-order valence-electron chi connectivity index (χ3n) is 6.42. The van der Waals surface area contributed by atoms with Gasteiger partial charge in [-0.25, -0.2) is 13.8 Å². The normalized spacial score (nSPS) is 11.8. The molecule has 0 spiro atoms. The summed E-state index contributed by atoms with van der Waals surface area (Å²) in [5, 5.41) is 20.5. The van der Waals surface area contributed by atoms with Crippen LogP contribution in [0, 0.1) is 5.82 Å². The van der Waals surface area contributed by atoms with Crippen LogP contribution in [0.1, 0.15) is 59.7 Å². The first-order valence-electron chi connectivity index (χ1n) is 12.0. The van der Waals surface area contributed by atoms with Crippen molar-refractivity contribution in [1.82, 2.24) is 0 Å². The molecule has 2 N–H and O–H groups in total. The zero-order valence-electron chi connectivity index (χ0n) is 20.6. The number of esters is 1. The zero-order valence-corrected chi connectivity index (χ0v) is 22.2. The van der Waals surface area contributed by atoms with Gasteiger partial charge < -0.3 is 31.9 Å². The van der Waals surface area contributed by atoms with Crippen molar-refractivity contribution >= 4 is 17.5 Å². The highest BCUT2D eigenvalue weighted by Gasteiger charge is 2.35. The van der Waals surface area contributed by atoms with Gasteiger partial charge in [-0.05, 0) is 60.9 Å². The first-order chi connectivity index (χ1) is 18.3. The maximum atomic E-state index is 13.1. The Kier molecular flexibility index (Phi) is 8.21. The van der Waals surface area contributed by atoms with Gasteiger partial charge in [0, 0.05) is 28.8 Å². The highest BCUT2D eigenvalue weighted by molar-refractivity contribution is 6.30. The molecule has 9 heteroatoms. The standard InChI is InChI=1S/C30H22FNO6.BrH/c31-21-8-6-19(7-9-21)17-32-12-10-18(11-13-32)3-2-14-38-30(37)20-15-23-27(25(34)16-20)29(36)26-22(28(23)35)4-1-5-24(26)33;/h1,4-13,15-16H,2-3,14,17H2,(H-,33,34,36);1H. The van der Waals surface area contributed by atoms with Gasteiger partial charge in [-0.1, -0.05) is 12.1 Å². The number of aromatic hydroxyl groups is 2. The first-order valence-corrected chi connectivity index (χ1v) is 12.0. The fourth-order valence-electron chi connectivity index (χ4n) is 4.49. The van der Waals surface area contributed by atoms with Crippen molar-refractivity contribution in [3.8, 4) is 11.5 Å². The average molecular weight is 592 g/mol. The Balaban J connectivity index is 0.00000353. The number of rotatable bonds is 7. The summed E-state index contributed by atoms with van der Waals surface area (Å²) >= 11 is 0. The molecule has 3 aromatic carbocycles. The van der Waals surface area contributed by atoms with Crippen LogP contribution in [0.2, 0.25) is 0 Å². The van der Waals surface area contributed by atoms with E-state index >= 15 is 0 Å². The van der Waals surface area contributed by atoms with Gasteiger partial charge in [-0.15, -0.1) is 0 Å². The predicted molar refractivity (Wildman–Crippen MR) is 134 cm³/mol. The second-order valence-corrected chi connectivity index (χ2v) is 9.02. The molecule has 5 rings (SSSR count). The molecule has 7 nitrogen and oxygen atoms in total. The number of aryl methyl sites for hydroxylation is 1. The molecule has 198 valence electrons. The number of aromatic nitrogens is 1. The van der Waals surface area contributed by atoms with E-state index in [9.17, 15) is 29.0 Å². The fraction of sp³-hybridized carbons (Fsp3) is 0.133. The van der Waals surface area contributed by atoms with Crippen molar-refractivity contribution in [2.45, 2.75) is 19.4 Å². The molecular weight excluding hydrogens is 569 g/mol. The monoisotopic (exact) mass is 591 g/mol. The van der Waals surface area contributed by atoms with Crippen LogP contribution in [0.25, 0.3) is 0 Å². The van der Waals surface area contributed by atoms with E-state index in [-0.39, 0.29) is 63.0 Å². The topological polar surface area (TPSA) is 105 Å². The van der Waals surface area contributed by atoms with Crippen LogP contribution >= 0.6 is 0 Å². The summed E-state index contributed by atoms with van der Waals surface area (Å²) in [5.41, 5.74) is 1.46. The Hall–Kier alpha value is -4.37. The van der Waals surface area contributed by atoms with E-state index in [1.165, 1.54) is 36.4 Å². The van der Waals surface area contributed by atoms with E-state index in [4.69, 9.17) is 4.74 Å². The lowest BCUT2D eigenvalue weighted by molar-refractivity contribution is -0.688. The molecule has 0 atom stereocenters. The first kappa shape index (κ1) is 27.7. The molecule has 39 heavy (non-hydrogen) atoms. The number of pyridine rings is 1. The Labute approximate surface area is 233 Å². The largest absolute Gasteiger partial charge is 1.00 e. The number of ketones is 2. The number of halogens is 2. The number of fused-ring (bicyclic) bond motifs is 2. The van der Waals surface area contributed by atoms with Crippen molar-refractivity contribution in [2.24, 2.45) is 0 Å². The molecule has 0 unspecified atom stereocenters. The average Bonchev–Trinajstić information content (AvgIpc) is 2.91. The molecule has 0 radical (unpaired) electrons. The summed E-state index contributed by atoms with van der Waals surface area (Å²) in [6.45, 7) is 0.734. The number of benzene rings is 3. The SMILES string of the molecule is O=C(OCCCc1cc[n+](Cc2ccc(F)cc2)cc1)c1cc(O)c2c(c1)C(=O)c1cccc(O)c1C2=O.[Br-]. The van der Waals surface area contributed by atoms with Crippen LogP contribution in [0.15, 0.2) is 79.1 Å². The van der Waals surface area contributed by atoms with Crippen molar-refractivity contribution in [3.63, 3.8) is 0 Å². The van der Waals surface area contributed by atoms with Gasteiger partial charge in [-0.2, -0.15) is 0 Å². The van der Waals surface area contributed by atoms with Crippen LogP contribution < -0.4 is 21.5 Å². The summed E-state index contributed by atoms with van der Waals surface area (Å²) in [6.07, 6.45) is 5.07. The minimum absolute atomic E-state index is 0. The Morgan fingerprint density at radius 3 is 2.23 bits per heavy atom. The van der Waals surface area contributed by atoms with Gasteiger partial charge in [-0.3, -0.25) is 9.59 Å². The molecule has 1 heterocycles. The molecule has 0 amide bonds. The smallest absolute Gasteiger partial charge is 0.338 e. The van der Waals surface area contributed by atoms with E-state index in [1.807, 2.05) is 29.1 Å². The summed E-state index contributed by atoms with van der Waals surface area (Å²) in [5.74, 6) is -3.14. The Bertz CT molecular complexity index is 1570. The highest BCUT2D eigenvalue weighted by atomic mass is 79.9. The molecular formula is C30H23BrFNO6. The number of hydrogen-bond acceptors (Lipinski definition) is 6. The quantitative estimate of drug-likeness (QED) is 0.167. The van der Waals surface area contributed by atoms with Crippen LogP contribution in [0.5, 0.6) is 11.5 Å². The van der Waals surface area contributed by atoms with Crippen LogP contribution in [0.3, 0.4) is 0 Å². The van der Waals surface area contributed by atoms with E-state index in [2.05, 4.69) is 0 Å². The van der Waals surface area contributed by atoms with E-state index < -0.39 is 23.3 Å². The van der Waals surface area contributed by atoms with Gasteiger partial charge >= 0.3 is 5.97 Å². The minimum Gasteiger partial charge on any atom is -1.00 e. The summed E-state index contributed by atoms with van der Waals surface area (Å²) in [6, 6.07) is 16.7. The van der Waals surface area contributed by atoms with E-state index in [0.717, 1.165) is 17.2 Å². The van der Waals surface area contributed by atoms with Crippen molar-refractivity contribution in [1.29, 1.82) is 0 Å². The number of nitrogens with zero attached hydrogens (tertiary/aromatic N) is 1.